The average Bonchev–Trinajstić information content (AvgIpc) is 2.42. The van der Waals surface area contributed by atoms with Gasteiger partial charge in [-0.05, 0) is 5.56 Å². The molecule has 0 aliphatic carbocycles. The van der Waals surface area contributed by atoms with Gasteiger partial charge in [-0.2, -0.15) is 0 Å². The van der Waals surface area contributed by atoms with Crippen molar-refractivity contribution in [2.24, 2.45) is 5.73 Å². The van der Waals surface area contributed by atoms with Gasteiger partial charge < -0.3 is 19.9 Å². The summed E-state index contributed by atoms with van der Waals surface area (Å²) in [6.07, 6.45) is 0. The molecule has 0 unspecified atom stereocenters. The monoisotopic (exact) mass is 251 g/mol. The van der Waals surface area contributed by atoms with Gasteiger partial charge in [0, 0.05) is 19.6 Å². The molecule has 1 aromatic carbocycles. The zero-order valence-corrected chi connectivity index (χ0v) is 10.8. The Balaban J connectivity index is 1.82. The quantitative estimate of drug-likeness (QED) is 0.461. The van der Waals surface area contributed by atoms with E-state index in [1.165, 1.54) is 5.56 Å². The third-order valence-electron chi connectivity index (χ3n) is 2.32. The summed E-state index contributed by atoms with van der Waals surface area (Å²) >= 11 is 0. The first-order chi connectivity index (χ1) is 8.93. The minimum Gasteiger partial charge on any atom is -0.387 e. The van der Waals surface area contributed by atoms with E-state index < -0.39 is 0 Å². The second kappa shape index (κ2) is 11.2. The van der Waals surface area contributed by atoms with Gasteiger partial charge in [-0.1, -0.05) is 30.3 Å². The summed E-state index contributed by atoms with van der Waals surface area (Å²) in [5, 5.41) is 0. The normalized spacial score (nSPS) is 10.5. The minimum atomic E-state index is 0.563. The smallest absolute Gasteiger partial charge is 0.185 e. The first-order valence-corrected chi connectivity index (χ1v) is 6.40. The fraction of sp³-hybridized carbons (Fsp3) is 0.538. The standard InChI is InChI=1S/C13H22BNO3/c15-6-7-16-8-9-17-11-14-12-18-10-13-4-2-1-3-5-13/h1-5,14H,6-12,15H2. The van der Waals surface area contributed by atoms with Crippen molar-refractivity contribution < 1.29 is 14.2 Å². The van der Waals surface area contributed by atoms with Gasteiger partial charge in [-0.15, -0.1) is 0 Å². The predicted molar refractivity (Wildman–Crippen MR) is 73.9 cm³/mol. The summed E-state index contributed by atoms with van der Waals surface area (Å²) in [6, 6.07) is 10.2. The maximum Gasteiger partial charge on any atom is 0.185 e. The fourth-order valence-electron chi connectivity index (χ4n) is 1.43. The van der Waals surface area contributed by atoms with E-state index in [0.717, 1.165) is 13.8 Å². The first kappa shape index (κ1) is 15.2. The highest BCUT2D eigenvalue weighted by Gasteiger charge is 1.95. The molecule has 0 amide bonds. The number of hydrogen-bond donors (Lipinski definition) is 1. The van der Waals surface area contributed by atoms with Crippen LogP contribution in [0.1, 0.15) is 5.56 Å². The SMILES string of the molecule is NCCOCCOCBCOCc1ccccc1. The van der Waals surface area contributed by atoms with E-state index >= 15 is 0 Å². The Morgan fingerprint density at radius 1 is 0.889 bits per heavy atom. The minimum absolute atomic E-state index is 0.563. The van der Waals surface area contributed by atoms with Crippen LogP contribution in [0.25, 0.3) is 0 Å². The molecule has 1 aromatic rings. The van der Waals surface area contributed by atoms with Crippen LogP contribution in [0, 0.1) is 0 Å². The summed E-state index contributed by atoms with van der Waals surface area (Å²) in [4.78, 5) is 0. The van der Waals surface area contributed by atoms with Crippen molar-refractivity contribution in [3.05, 3.63) is 35.9 Å². The predicted octanol–water partition coefficient (Wildman–Crippen LogP) is 0.547. The van der Waals surface area contributed by atoms with E-state index in [4.69, 9.17) is 19.9 Å². The summed E-state index contributed by atoms with van der Waals surface area (Å²) in [6.45, 7) is 4.50. The molecule has 1 rings (SSSR count). The molecule has 18 heavy (non-hydrogen) atoms. The lowest BCUT2D eigenvalue weighted by atomic mass is 9.82. The second-order valence-corrected chi connectivity index (χ2v) is 3.91. The summed E-state index contributed by atoms with van der Waals surface area (Å²) in [7, 11) is 0.906. The highest BCUT2D eigenvalue weighted by molar-refractivity contribution is 6.34. The molecule has 0 fully saturated rings. The highest BCUT2D eigenvalue weighted by atomic mass is 16.5. The van der Waals surface area contributed by atoms with E-state index in [1.807, 2.05) is 18.2 Å². The zero-order chi connectivity index (χ0) is 12.9. The maximum absolute atomic E-state index is 5.54. The van der Waals surface area contributed by atoms with Gasteiger partial charge in [-0.25, -0.2) is 0 Å². The molecular formula is C13H22BNO3. The van der Waals surface area contributed by atoms with Crippen molar-refractivity contribution in [3.8, 4) is 0 Å². The van der Waals surface area contributed by atoms with E-state index in [9.17, 15) is 0 Å². The van der Waals surface area contributed by atoms with Crippen LogP contribution in [-0.4, -0.2) is 46.7 Å². The molecule has 0 saturated heterocycles. The number of rotatable bonds is 11. The topological polar surface area (TPSA) is 53.7 Å². The molecule has 0 atom stereocenters. The maximum atomic E-state index is 5.54. The van der Waals surface area contributed by atoms with Crippen LogP contribution in [-0.2, 0) is 20.8 Å². The molecule has 5 heteroatoms. The Labute approximate surface area is 110 Å². The van der Waals surface area contributed by atoms with Crippen LogP contribution >= 0.6 is 0 Å². The van der Waals surface area contributed by atoms with Gasteiger partial charge in [0.2, 0.25) is 0 Å². The van der Waals surface area contributed by atoms with Gasteiger partial charge >= 0.3 is 0 Å². The van der Waals surface area contributed by atoms with Crippen molar-refractivity contribution >= 4 is 7.28 Å². The van der Waals surface area contributed by atoms with Crippen LogP contribution < -0.4 is 5.73 Å². The molecule has 0 spiro atoms. The largest absolute Gasteiger partial charge is 0.387 e. The van der Waals surface area contributed by atoms with E-state index in [0.29, 0.717) is 39.5 Å². The van der Waals surface area contributed by atoms with Crippen LogP contribution in [0.15, 0.2) is 30.3 Å². The van der Waals surface area contributed by atoms with E-state index in [1.54, 1.807) is 0 Å². The molecular weight excluding hydrogens is 229 g/mol. The summed E-state index contributed by atoms with van der Waals surface area (Å²) in [5.41, 5.74) is 6.49. The molecule has 0 aliphatic rings. The molecule has 4 nitrogen and oxygen atoms in total. The number of benzene rings is 1. The third-order valence-corrected chi connectivity index (χ3v) is 2.32. The van der Waals surface area contributed by atoms with E-state index in [2.05, 4.69) is 12.1 Å². The van der Waals surface area contributed by atoms with Gasteiger partial charge in [0.1, 0.15) is 0 Å². The van der Waals surface area contributed by atoms with Gasteiger partial charge in [-0.3, -0.25) is 0 Å². The first-order valence-electron chi connectivity index (χ1n) is 6.40. The average molecular weight is 251 g/mol. The molecule has 0 bridgehead atoms. The lowest BCUT2D eigenvalue weighted by Crippen LogP contribution is -2.15. The number of nitrogens with two attached hydrogens (primary N) is 1. The van der Waals surface area contributed by atoms with Crippen molar-refractivity contribution in [3.63, 3.8) is 0 Å². The Bertz CT molecular complexity index is 285. The Hall–Kier alpha value is -0.875. The molecule has 0 aromatic heterocycles. The molecule has 100 valence electrons. The highest BCUT2D eigenvalue weighted by Crippen LogP contribution is 1.99. The molecule has 0 radical (unpaired) electrons. The zero-order valence-electron chi connectivity index (χ0n) is 10.8. The van der Waals surface area contributed by atoms with Crippen molar-refractivity contribution in [2.75, 3.05) is 39.4 Å². The molecule has 0 aliphatic heterocycles. The van der Waals surface area contributed by atoms with Crippen molar-refractivity contribution in [1.29, 1.82) is 0 Å². The Kier molecular flexibility index (Phi) is 9.47. The van der Waals surface area contributed by atoms with E-state index in [-0.39, 0.29) is 0 Å². The second-order valence-electron chi connectivity index (χ2n) is 3.91. The van der Waals surface area contributed by atoms with Crippen LogP contribution in [0.2, 0.25) is 0 Å². The van der Waals surface area contributed by atoms with Gasteiger partial charge in [0.05, 0.1) is 26.4 Å². The van der Waals surface area contributed by atoms with Crippen molar-refractivity contribution in [1.82, 2.24) is 0 Å². The van der Waals surface area contributed by atoms with Crippen molar-refractivity contribution in [2.45, 2.75) is 6.61 Å². The molecule has 0 heterocycles. The number of hydrogen-bond acceptors (Lipinski definition) is 4. The molecule has 0 saturated carbocycles. The summed E-state index contributed by atoms with van der Waals surface area (Å²) in [5.74, 6) is 0. The van der Waals surface area contributed by atoms with Gasteiger partial charge in [0.25, 0.3) is 0 Å². The lowest BCUT2D eigenvalue weighted by molar-refractivity contribution is 0.0658. The van der Waals surface area contributed by atoms with Crippen LogP contribution in [0.3, 0.4) is 0 Å². The fourth-order valence-corrected chi connectivity index (χ4v) is 1.43. The summed E-state index contributed by atoms with van der Waals surface area (Å²) < 4.78 is 16.1. The Morgan fingerprint density at radius 2 is 1.61 bits per heavy atom. The Morgan fingerprint density at radius 3 is 2.39 bits per heavy atom. The van der Waals surface area contributed by atoms with Crippen LogP contribution in [0.4, 0.5) is 0 Å². The lowest BCUT2D eigenvalue weighted by Gasteiger charge is -2.05. The number of ether oxygens (including phenoxy) is 3. The van der Waals surface area contributed by atoms with Gasteiger partial charge in [0.15, 0.2) is 7.28 Å². The third kappa shape index (κ3) is 8.25. The van der Waals surface area contributed by atoms with Crippen LogP contribution in [0.5, 0.6) is 0 Å². The molecule has 2 N–H and O–H groups in total.